The summed E-state index contributed by atoms with van der Waals surface area (Å²) >= 11 is 0. The molecule has 1 nitrogen and oxygen atoms in total. The lowest BCUT2D eigenvalue weighted by molar-refractivity contribution is 0.346. The van der Waals surface area contributed by atoms with Gasteiger partial charge in [0.15, 0.2) is 0 Å². The van der Waals surface area contributed by atoms with Gasteiger partial charge in [0.25, 0.3) is 0 Å². The lowest BCUT2D eigenvalue weighted by atomic mass is 9.84. The van der Waals surface area contributed by atoms with Gasteiger partial charge in [-0.1, -0.05) is 45.0 Å². The summed E-state index contributed by atoms with van der Waals surface area (Å²) < 4.78 is 0. The summed E-state index contributed by atoms with van der Waals surface area (Å²) in [6.45, 7) is 9.21. The fraction of sp³-hybridized carbons (Fsp3) is 0.571. The zero-order valence-corrected chi connectivity index (χ0v) is 10.0. The molecule has 1 aromatic rings. The van der Waals surface area contributed by atoms with Gasteiger partial charge >= 0.3 is 0 Å². The molecule has 1 aliphatic rings. The van der Waals surface area contributed by atoms with E-state index in [9.17, 15) is 0 Å². The molecular weight excluding hydrogens is 182 g/mol. The lowest BCUT2D eigenvalue weighted by Gasteiger charge is -2.28. The molecule has 1 heteroatoms. The number of hydrogen-bond donors (Lipinski definition) is 1. The average Bonchev–Trinajstić information content (AvgIpc) is 2.11. The predicted molar refractivity (Wildman–Crippen MR) is 65.2 cm³/mol. The van der Waals surface area contributed by atoms with Gasteiger partial charge < -0.3 is 5.32 Å². The molecule has 0 aliphatic carbocycles. The van der Waals surface area contributed by atoms with Gasteiger partial charge in [0.2, 0.25) is 0 Å². The normalized spacial score (nSPS) is 17.5. The Labute approximate surface area is 92.9 Å². The number of nitrogens with one attached hydrogen (secondary N) is 1. The van der Waals surface area contributed by atoms with E-state index in [4.69, 9.17) is 0 Å². The predicted octanol–water partition coefficient (Wildman–Crippen LogP) is 2.75. The first kappa shape index (κ1) is 10.7. The highest BCUT2D eigenvalue weighted by molar-refractivity contribution is 5.29. The maximum Gasteiger partial charge on any atom is -0.000506 e. The lowest BCUT2D eigenvalue weighted by Crippen LogP contribution is -2.43. The summed E-state index contributed by atoms with van der Waals surface area (Å²) in [4.78, 5) is 0. The molecule has 0 amide bonds. The van der Waals surface area contributed by atoms with Crippen LogP contribution in [0.1, 0.15) is 31.9 Å². The molecule has 2 rings (SSSR count). The van der Waals surface area contributed by atoms with Crippen LogP contribution < -0.4 is 5.32 Å². The molecule has 1 aromatic carbocycles. The van der Waals surface area contributed by atoms with E-state index in [-0.39, 0.29) is 5.41 Å². The van der Waals surface area contributed by atoms with Crippen molar-refractivity contribution in [3.63, 3.8) is 0 Å². The molecule has 82 valence electrons. The summed E-state index contributed by atoms with van der Waals surface area (Å²) in [5.41, 5.74) is 3.22. The summed E-state index contributed by atoms with van der Waals surface area (Å²) in [5, 5.41) is 3.33. The van der Waals surface area contributed by atoms with Crippen LogP contribution in [-0.4, -0.2) is 13.1 Å². The van der Waals surface area contributed by atoms with Crippen molar-refractivity contribution in [2.45, 2.75) is 32.6 Å². The quantitative estimate of drug-likeness (QED) is 0.779. The SMILES string of the molecule is CC(C)(C)c1cccc(CC2CNC2)c1. The third-order valence-electron chi connectivity index (χ3n) is 3.18. The largest absolute Gasteiger partial charge is 0.316 e. The van der Waals surface area contributed by atoms with Gasteiger partial charge in [-0.2, -0.15) is 0 Å². The summed E-state index contributed by atoms with van der Waals surface area (Å²) in [6, 6.07) is 9.07. The van der Waals surface area contributed by atoms with E-state index < -0.39 is 0 Å². The van der Waals surface area contributed by atoms with Crippen LogP contribution in [0.3, 0.4) is 0 Å². The van der Waals surface area contributed by atoms with Gasteiger partial charge in [-0.3, -0.25) is 0 Å². The summed E-state index contributed by atoms with van der Waals surface area (Å²) in [6.07, 6.45) is 1.23. The minimum absolute atomic E-state index is 0.272. The van der Waals surface area contributed by atoms with Gasteiger partial charge in [-0.15, -0.1) is 0 Å². The van der Waals surface area contributed by atoms with Crippen LogP contribution in [0.2, 0.25) is 0 Å². The molecule has 1 fully saturated rings. The topological polar surface area (TPSA) is 12.0 Å². The smallest absolute Gasteiger partial charge is 0.000506 e. The van der Waals surface area contributed by atoms with Crippen molar-refractivity contribution in [1.82, 2.24) is 5.32 Å². The second-order valence-corrected chi connectivity index (χ2v) is 5.68. The Balaban J connectivity index is 2.11. The summed E-state index contributed by atoms with van der Waals surface area (Å²) in [5.74, 6) is 0.861. The Morgan fingerprint density at radius 2 is 2.00 bits per heavy atom. The van der Waals surface area contributed by atoms with Crippen molar-refractivity contribution in [1.29, 1.82) is 0 Å². The molecule has 0 saturated carbocycles. The second-order valence-electron chi connectivity index (χ2n) is 5.68. The molecule has 0 unspecified atom stereocenters. The molecule has 0 aromatic heterocycles. The summed E-state index contributed by atoms with van der Waals surface area (Å²) in [7, 11) is 0. The van der Waals surface area contributed by atoms with Gasteiger partial charge in [0.05, 0.1) is 0 Å². The Kier molecular flexibility index (Phi) is 2.83. The van der Waals surface area contributed by atoms with Gasteiger partial charge in [-0.05, 0) is 42.0 Å². The Morgan fingerprint density at radius 3 is 2.53 bits per heavy atom. The first-order valence-electron chi connectivity index (χ1n) is 5.86. The van der Waals surface area contributed by atoms with Crippen molar-refractivity contribution in [2.24, 2.45) is 5.92 Å². The van der Waals surface area contributed by atoms with E-state index in [0.717, 1.165) is 5.92 Å². The van der Waals surface area contributed by atoms with E-state index in [1.807, 2.05) is 0 Å². The van der Waals surface area contributed by atoms with Gasteiger partial charge in [0, 0.05) is 0 Å². The van der Waals surface area contributed by atoms with Crippen molar-refractivity contribution in [2.75, 3.05) is 13.1 Å². The van der Waals surface area contributed by atoms with Crippen molar-refractivity contribution >= 4 is 0 Å². The zero-order chi connectivity index (χ0) is 10.9. The molecule has 0 atom stereocenters. The number of hydrogen-bond acceptors (Lipinski definition) is 1. The minimum Gasteiger partial charge on any atom is -0.316 e. The monoisotopic (exact) mass is 203 g/mol. The molecule has 1 aliphatic heterocycles. The van der Waals surface area contributed by atoms with Crippen LogP contribution in [0, 0.1) is 5.92 Å². The third-order valence-corrected chi connectivity index (χ3v) is 3.18. The zero-order valence-electron chi connectivity index (χ0n) is 10.0. The Hall–Kier alpha value is -0.820. The molecule has 0 radical (unpaired) electrons. The number of benzene rings is 1. The molecule has 1 heterocycles. The standard InChI is InChI=1S/C14H21N/c1-14(2,3)13-6-4-5-11(8-13)7-12-9-15-10-12/h4-6,8,12,15H,7,9-10H2,1-3H3. The van der Waals surface area contributed by atoms with Crippen LogP contribution >= 0.6 is 0 Å². The molecule has 0 bridgehead atoms. The third kappa shape index (κ3) is 2.60. The molecule has 1 N–H and O–H groups in total. The molecule has 0 spiro atoms. The maximum atomic E-state index is 3.33. The van der Waals surface area contributed by atoms with E-state index in [1.54, 1.807) is 0 Å². The molecule has 1 saturated heterocycles. The van der Waals surface area contributed by atoms with Crippen molar-refractivity contribution < 1.29 is 0 Å². The van der Waals surface area contributed by atoms with Crippen LogP contribution in [0.5, 0.6) is 0 Å². The van der Waals surface area contributed by atoms with E-state index in [1.165, 1.54) is 30.6 Å². The van der Waals surface area contributed by atoms with Gasteiger partial charge in [-0.25, -0.2) is 0 Å². The number of rotatable bonds is 2. The highest BCUT2D eigenvalue weighted by Crippen LogP contribution is 2.24. The van der Waals surface area contributed by atoms with Crippen LogP contribution in [0.4, 0.5) is 0 Å². The molecule has 15 heavy (non-hydrogen) atoms. The highest BCUT2D eigenvalue weighted by Gasteiger charge is 2.18. The van der Waals surface area contributed by atoms with Gasteiger partial charge in [0.1, 0.15) is 0 Å². The van der Waals surface area contributed by atoms with E-state index in [2.05, 4.69) is 50.4 Å². The first-order chi connectivity index (χ1) is 7.05. The minimum atomic E-state index is 0.272. The average molecular weight is 203 g/mol. The van der Waals surface area contributed by atoms with Crippen molar-refractivity contribution in [3.8, 4) is 0 Å². The van der Waals surface area contributed by atoms with Crippen molar-refractivity contribution in [3.05, 3.63) is 35.4 Å². The first-order valence-corrected chi connectivity index (χ1v) is 5.86. The second kappa shape index (κ2) is 3.97. The Bertz CT molecular complexity index is 331. The fourth-order valence-corrected chi connectivity index (χ4v) is 1.99. The Morgan fingerprint density at radius 1 is 1.27 bits per heavy atom. The van der Waals surface area contributed by atoms with E-state index in [0.29, 0.717) is 0 Å². The van der Waals surface area contributed by atoms with Crippen LogP contribution in [-0.2, 0) is 11.8 Å². The molecular formula is C14H21N. The van der Waals surface area contributed by atoms with Crippen LogP contribution in [0.15, 0.2) is 24.3 Å². The fourth-order valence-electron chi connectivity index (χ4n) is 1.99. The van der Waals surface area contributed by atoms with E-state index >= 15 is 0 Å². The highest BCUT2D eigenvalue weighted by atomic mass is 14.9. The van der Waals surface area contributed by atoms with Crippen LogP contribution in [0.25, 0.3) is 0 Å². The maximum absolute atomic E-state index is 3.33.